The number of carbonyl (C=O) groups is 2. The fraction of sp³-hybridized carbons (Fsp3) is 0.273. The summed E-state index contributed by atoms with van der Waals surface area (Å²) in [4.78, 5) is 26.4. The quantitative estimate of drug-likeness (QED) is 0.454. The van der Waals surface area contributed by atoms with Crippen LogP contribution in [0.3, 0.4) is 0 Å². The van der Waals surface area contributed by atoms with Gasteiger partial charge in [-0.2, -0.15) is 9.94 Å². The Balaban J connectivity index is 1.47. The number of rotatable bonds is 6. The van der Waals surface area contributed by atoms with Gasteiger partial charge in [0, 0.05) is 4.88 Å². The van der Waals surface area contributed by atoms with Gasteiger partial charge in [0.15, 0.2) is 18.1 Å². The SMILES string of the molecule is Cc1nnnn1/C(=C\c1ccccc1)C(=O)OCC(=O)Nc1sc2c(c1C#N)CCCC2. The molecule has 0 saturated heterocycles. The zero-order chi connectivity index (χ0) is 22.5. The highest BCUT2D eigenvalue weighted by Crippen LogP contribution is 2.37. The van der Waals surface area contributed by atoms with Gasteiger partial charge < -0.3 is 10.1 Å². The molecular formula is C22H20N6O3S. The molecule has 1 aliphatic rings. The Morgan fingerprint density at radius 1 is 1.28 bits per heavy atom. The molecule has 1 amide bonds. The van der Waals surface area contributed by atoms with Gasteiger partial charge in [-0.1, -0.05) is 30.3 Å². The number of esters is 1. The van der Waals surface area contributed by atoms with Crippen molar-refractivity contribution in [1.82, 2.24) is 20.2 Å². The molecule has 1 aromatic carbocycles. The van der Waals surface area contributed by atoms with Crippen LogP contribution in [0.25, 0.3) is 11.8 Å². The van der Waals surface area contributed by atoms with Gasteiger partial charge >= 0.3 is 5.97 Å². The Hall–Kier alpha value is -3.84. The summed E-state index contributed by atoms with van der Waals surface area (Å²) in [5.74, 6) is -0.859. The van der Waals surface area contributed by atoms with Crippen molar-refractivity contribution >= 4 is 40.0 Å². The molecule has 2 heterocycles. The number of aromatic nitrogens is 4. The molecule has 1 N–H and O–H groups in total. The molecule has 2 aromatic heterocycles. The van der Waals surface area contributed by atoms with Gasteiger partial charge in [0.2, 0.25) is 0 Å². The maximum Gasteiger partial charge on any atom is 0.357 e. The van der Waals surface area contributed by atoms with Gasteiger partial charge in [0.05, 0.1) is 5.56 Å². The highest BCUT2D eigenvalue weighted by molar-refractivity contribution is 7.16. The number of nitrogens with zero attached hydrogens (tertiary/aromatic N) is 5. The van der Waals surface area contributed by atoms with Gasteiger partial charge in [-0.25, -0.2) is 4.79 Å². The standard InChI is InChI=1S/C22H20N6O3S/c1-14-25-26-27-28(14)18(11-15-7-3-2-4-8-15)22(30)31-13-20(29)24-21-17(12-23)16-9-5-6-10-19(16)32-21/h2-4,7-8,11H,5-6,9-10,13H2,1H3,(H,24,29)/b18-11-. The second-order valence-electron chi connectivity index (χ2n) is 7.23. The third-order valence-electron chi connectivity index (χ3n) is 5.04. The number of benzene rings is 1. The second kappa shape index (κ2) is 9.53. The van der Waals surface area contributed by atoms with E-state index in [1.807, 2.05) is 30.3 Å². The number of nitrogens with one attached hydrogen (secondary N) is 1. The van der Waals surface area contributed by atoms with Crippen LogP contribution in [0.15, 0.2) is 30.3 Å². The van der Waals surface area contributed by atoms with Crippen molar-refractivity contribution in [2.75, 3.05) is 11.9 Å². The molecule has 0 radical (unpaired) electrons. The number of aryl methyl sites for hydroxylation is 2. The Bertz CT molecular complexity index is 1220. The van der Waals surface area contributed by atoms with Gasteiger partial charge in [-0.3, -0.25) is 4.79 Å². The molecule has 4 rings (SSSR count). The molecule has 0 fully saturated rings. The molecule has 0 aliphatic heterocycles. The molecule has 10 heteroatoms. The van der Waals surface area contributed by atoms with E-state index in [2.05, 4.69) is 26.9 Å². The third-order valence-corrected chi connectivity index (χ3v) is 6.24. The molecule has 0 spiro atoms. The van der Waals surface area contributed by atoms with Crippen molar-refractivity contribution in [1.29, 1.82) is 5.26 Å². The molecule has 0 unspecified atom stereocenters. The topological polar surface area (TPSA) is 123 Å². The predicted molar refractivity (Wildman–Crippen MR) is 118 cm³/mol. The van der Waals surface area contributed by atoms with Crippen molar-refractivity contribution in [3.05, 3.63) is 57.7 Å². The molecule has 1 aliphatic carbocycles. The van der Waals surface area contributed by atoms with Crippen molar-refractivity contribution in [3.63, 3.8) is 0 Å². The molecular weight excluding hydrogens is 428 g/mol. The van der Waals surface area contributed by atoms with E-state index in [1.54, 1.807) is 13.0 Å². The molecule has 0 bridgehead atoms. The van der Waals surface area contributed by atoms with Crippen LogP contribution in [0.2, 0.25) is 0 Å². The number of hydrogen-bond acceptors (Lipinski definition) is 8. The van der Waals surface area contributed by atoms with E-state index in [4.69, 9.17) is 4.74 Å². The lowest BCUT2D eigenvalue weighted by molar-refractivity contribution is -0.141. The van der Waals surface area contributed by atoms with Crippen LogP contribution in [0.4, 0.5) is 5.00 Å². The van der Waals surface area contributed by atoms with E-state index >= 15 is 0 Å². The first-order chi connectivity index (χ1) is 15.6. The molecule has 9 nitrogen and oxygen atoms in total. The van der Waals surface area contributed by atoms with Crippen molar-refractivity contribution in [3.8, 4) is 6.07 Å². The summed E-state index contributed by atoms with van der Waals surface area (Å²) < 4.78 is 6.51. The first-order valence-corrected chi connectivity index (χ1v) is 10.9. The molecule has 162 valence electrons. The van der Waals surface area contributed by atoms with Crippen molar-refractivity contribution < 1.29 is 14.3 Å². The van der Waals surface area contributed by atoms with E-state index in [9.17, 15) is 14.9 Å². The third kappa shape index (κ3) is 4.58. The minimum absolute atomic E-state index is 0.0794. The van der Waals surface area contributed by atoms with Gasteiger partial charge in [-0.15, -0.1) is 16.4 Å². The average molecular weight is 449 g/mol. The van der Waals surface area contributed by atoms with Crippen LogP contribution in [0.1, 0.15) is 40.2 Å². The van der Waals surface area contributed by atoms with Crippen molar-refractivity contribution in [2.45, 2.75) is 32.6 Å². The number of hydrogen-bond donors (Lipinski definition) is 1. The zero-order valence-corrected chi connectivity index (χ0v) is 18.2. The van der Waals surface area contributed by atoms with E-state index < -0.39 is 18.5 Å². The number of anilines is 1. The lowest BCUT2D eigenvalue weighted by atomic mass is 9.96. The van der Waals surface area contributed by atoms with Crippen LogP contribution in [0, 0.1) is 18.3 Å². The van der Waals surface area contributed by atoms with E-state index in [1.165, 1.54) is 16.0 Å². The van der Waals surface area contributed by atoms with Crippen LogP contribution < -0.4 is 5.32 Å². The van der Waals surface area contributed by atoms with Crippen LogP contribution >= 0.6 is 11.3 Å². The summed E-state index contributed by atoms with van der Waals surface area (Å²) in [5.41, 5.74) is 2.37. The highest BCUT2D eigenvalue weighted by Gasteiger charge is 2.23. The number of amides is 1. The molecule has 0 atom stereocenters. The number of fused-ring (bicyclic) bond motifs is 1. The number of thiophene rings is 1. The lowest BCUT2D eigenvalue weighted by Gasteiger charge is -2.10. The summed E-state index contributed by atoms with van der Waals surface area (Å²) in [5, 5.41) is 24.0. The van der Waals surface area contributed by atoms with Crippen LogP contribution in [-0.4, -0.2) is 38.7 Å². The van der Waals surface area contributed by atoms with E-state index in [-0.39, 0.29) is 5.70 Å². The summed E-state index contributed by atoms with van der Waals surface area (Å²) in [7, 11) is 0. The number of carbonyl (C=O) groups excluding carboxylic acids is 2. The summed E-state index contributed by atoms with van der Waals surface area (Å²) in [6.07, 6.45) is 5.47. The first kappa shape index (κ1) is 21.4. The molecule has 3 aromatic rings. The van der Waals surface area contributed by atoms with Crippen molar-refractivity contribution in [2.24, 2.45) is 0 Å². The van der Waals surface area contributed by atoms with Crippen LogP contribution in [-0.2, 0) is 27.2 Å². The fourth-order valence-corrected chi connectivity index (χ4v) is 4.76. The minimum atomic E-state index is -0.745. The van der Waals surface area contributed by atoms with Gasteiger partial charge in [0.25, 0.3) is 5.91 Å². The predicted octanol–water partition coefficient (Wildman–Crippen LogP) is 2.97. The maximum atomic E-state index is 12.8. The maximum absolute atomic E-state index is 12.8. The second-order valence-corrected chi connectivity index (χ2v) is 8.33. The normalized spacial score (nSPS) is 13.2. The summed E-state index contributed by atoms with van der Waals surface area (Å²) in [6.45, 7) is 1.15. The highest BCUT2D eigenvalue weighted by atomic mass is 32.1. The Kier molecular flexibility index (Phi) is 6.37. The summed E-state index contributed by atoms with van der Waals surface area (Å²) >= 11 is 1.42. The molecule has 0 saturated carbocycles. The van der Waals surface area contributed by atoms with E-state index in [0.29, 0.717) is 16.4 Å². The van der Waals surface area contributed by atoms with Gasteiger partial charge in [0.1, 0.15) is 11.1 Å². The van der Waals surface area contributed by atoms with Crippen LogP contribution in [0.5, 0.6) is 0 Å². The van der Waals surface area contributed by atoms with Gasteiger partial charge in [-0.05, 0) is 60.2 Å². The summed E-state index contributed by atoms with van der Waals surface area (Å²) in [6, 6.07) is 11.4. The lowest BCUT2D eigenvalue weighted by Crippen LogP contribution is -2.23. The Labute approximate surface area is 188 Å². The largest absolute Gasteiger partial charge is 0.451 e. The minimum Gasteiger partial charge on any atom is -0.451 e. The smallest absolute Gasteiger partial charge is 0.357 e. The zero-order valence-electron chi connectivity index (χ0n) is 17.4. The number of ether oxygens (including phenoxy) is 1. The van der Waals surface area contributed by atoms with E-state index in [0.717, 1.165) is 41.7 Å². The molecule has 32 heavy (non-hydrogen) atoms. The average Bonchev–Trinajstić information content (AvgIpc) is 3.39. The number of nitriles is 1. The monoisotopic (exact) mass is 448 g/mol. The fourth-order valence-electron chi connectivity index (χ4n) is 3.51. The number of tetrazole rings is 1. The first-order valence-electron chi connectivity index (χ1n) is 10.1. The Morgan fingerprint density at radius 2 is 2.06 bits per heavy atom. The Morgan fingerprint density at radius 3 is 2.78 bits per heavy atom.